The fourth-order valence-corrected chi connectivity index (χ4v) is 1.49. The molecule has 0 aliphatic rings. The summed E-state index contributed by atoms with van der Waals surface area (Å²) in [5.74, 6) is -0.298. The lowest BCUT2D eigenvalue weighted by molar-refractivity contribution is -0.141. The third kappa shape index (κ3) is 13.5. The van der Waals surface area contributed by atoms with Gasteiger partial charge in [-0.2, -0.15) is 8.42 Å². The first kappa shape index (κ1) is 18.3. The number of ether oxygens (including phenoxy) is 1. The van der Waals surface area contributed by atoms with Crippen molar-refractivity contribution in [3.63, 3.8) is 0 Å². The molecule has 0 aliphatic carbocycles. The highest BCUT2D eigenvalue weighted by atomic mass is 32.3. The zero-order chi connectivity index (χ0) is 14.9. The summed E-state index contributed by atoms with van der Waals surface area (Å²) < 4.78 is 38.0. The van der Waals surface area contributed by atoms with E-state index in [0.29, 0.717) is 26.2 Å². The minimum absolute atomic E-state index is 0.0908. The van der Waals surface area contributed by atoms with Crippen LogP contribution in [0, 0.1) is 0 Å². The van der Waals surface area contributed by atoms with Crippen molar-refractivity contribution in [2.75, 3.05) is 53.5 Å². The molecule has 0 bridgehead atoms. The maximum atomic E-state index is 10.6. The van der Waals surface area contributed by atoms with Crippen LogP contribution in [0.4, 0.5) is 0 Å². The highest BCUT2D eigenvalue weighted by molar-refractivity contribution is 7.80. The summed E-state index contributed by atoms with van der Waals surface area (Å²) in [4.78, 5) is 14.4. The Morgan fingerprint density at radius 1 is 1.05 bits per heavy atom. The second-order valence-corrected chi connectivity index (χ2v) is 5.29. The number of nitrogens with zero attached hydrogens (tertiary/aromatic N) is 2. The van der Waals surface area contributed by atoms with Crippen molar-refractivity contribution in [2.24, 2.45) is 0 Å². The van der Waals surface area contributed by atoms with Crippen LogP contribution in [0.1, 0.15) is 6.92 Å². The number of hydrogen-bond acceptors (Lipinski definition) is 7. The molecule has 0 unspecified atom stereocenters. The Balaban J connectivity index is 3.60. The number of rotatable bonds is 10. The standard InChI is InChI=1S/C10H22N2O6S/c1-10(13)17-8-6-11(2)4-5-12(3)7-9-18-19(14,15)16/h4-9H2,1-3H3,(H,14,15,16). The van der Waals surface area contributed by atoms with Gasteiger partial charge >= 0.3 is 16.4 Å². The van der Waals surface area contributed by atoms with Crippen molar-refractivity contribution in [2.45, 2.75) is 6.92 Å². The molecule has 0 spiro atoms. The molecule has 8 nitrogen and oxygen atoms in total. The van der Waals surface area contributed by atoms with Gasteiger partial charge in [0.15, 0.2) is 0 Å². The molecule has 0 atom stereocenters. The van der Waals surface area contributed by atoms with E-state index >= 15 is 0 Å². The van der Waals surface area contributed by atoms with Gasteiger partial charge in [0.2, 0.25) is 0 Å². The molecule has 0 amide bonds. The summed E-state index contributed by atoms with van der Waals surface area (Å²) >= 11 is 0. The van der Waals surface area contributed by atoms with Crippen molar-refractivity contribution in [1.29, 1.82) is 0 Å². The Kier molecular flexibility index (Phi) is 8.85. The van der Waals surface area contributed by atoms with Crippen molar-refractivity contribution < 1.29 is 26.7 Å². The molecule has 0 aromatic rings. The van der Waals surface area contributed by atoms with E-state index in [4.69, 9.17) is 9.29 Å². The van der Waals surface area contributed by atoms with Crippen LogP contribution in [0.15, 0.2) is 0 Å². The number of carbonyl (C=O) groups excluding carboxylic acids is 1. The molecule has 0 rings (SSSR count). The van der Waals surface area contributed by atoms with Crippen LogP contribution in [0.3, 0.4) is 0 Å². The zero-order valence-corrected chi connectivity index (χ0v) is 12.4. The fraction of sp³-hybridized carbons (Fsp3) is 0.900. The van der Waals surface area contributed by atoms with Crippen LogP contribution in [0.25, 0.3) is 0 Å². The lowest BCUT2D eigenvalue weighted by Gasteiger charge is -2.21. The minimum Gasteiger partial charge on any atom is -0.465 e. The lowest BCUT2D eigenvalue weighted by atomic mass is 10.4. The summed E-state index contributed by atoms with van der Waals surface area (Å²) in [6.45, 7) is 4.08. The van der Waals surface area contributed by atoms with E-state index in [9.17, 15) is 13.2 Å². The van der Waals surface area contributed by atoms with Crippen LogP contribution in [-0.4, -0.2) is 82.2 Å². The number of hydrogen-bond donors (Lipinski definition) is 1. The molecule has 0 fully saturated rings. The molecule has 0 aromatic carbocycles. The normalized spacial score (nSPS) is 12.1. The Hall–Kier alpha value is -0.740. The van der Waals surface area contributed by atoms with E-state index in [1.807, 2.05) is 23.9 Å². The van der Waals surface area contributed by atoms with Gasteiger partial charge in [0.25, 0.3) is 0 Å². The topological polar surface area (TPSA) is 96.4 Å². The predicted molar refractivity (Wildman–Crippen MR) is 69.1 cm³/mol. The molecule has 0 aromatic heterocycles. The maximum Gasteiger partial charge on any atom is 0.397 e. The molecular formula is C10H22N2O6S. The van der Waals surface area contributed by atoms with Crippen LogP contribution >= 0.6 is 0 Å². The van der Waals surface area contributed by atoms with E-state index in [-0.39, 0.29) is 12.6 Å². The van der Waals surface area contributed by atoms with Gasteiger partial charge in [-0.25, -0.2) is 4.18 Å². The molecular weight excluding hydrogens is 276 g/mol. The summed E-state index contributed by atoms with van der Waals surface area (Å²) in [7, 11) is -0.649. The minimum atomic E-state index is -4.36. The molecule has 0 heterocycles. The largest absolute Gasteiger partial charge is 0.465 e. The van der Waals surface area contributed by atoms with Crippen molar-refractivity contribution in [3.05, 3.63) is 0 Å². The van der Waals surface area contributed by atoms with E-state index in [0.717, 1.165) is 6.54 Å². The van der Waals surface area contributed by atoms with E-state index in [1.165, 1.54) is 6.92 Å². The fourth-order valence-electron chi connectivity index (χ4n) is 1.21. The first-order chi connectivity index (χ1) is 8.70. The van der Waals surface area contributed by atoms with Gasteiger partial charge in [0.1, 0.15) is 6.61 Å². The quantitative estimate of drug-likeness (QED) is 0.415. The highest BCUT2D eigenvalue weighted by Crippen LogP contribution is 1.91. The van der Waals surface area contributed by atoms with Gasteiger partial charge in [-0.15, -0.1) is 0 Å². The van der Waals surface area contributed by atoms with E-state index < -0.39 is 10.4 Å². The van der Waals surface area contributed by atoms with Crippen molar-refractivity contribution in [3.8, 4) is 0 Å². The summed E-state index contributed by atoms with van der Waals surface area (Å²) in [5, 5.41) is 0. The maximum absolute atomic E-state index is 10.6. The SMILES string of the molecule is CC(=O)OCCN(C)CCN(C)CCOS(=O)(=O)O. The van der Waals surface area contributed by atoms with E-state index in [1.54, 1.807) is 0 Å². The third-order valence-electron chi connectivity index (χ3n) is 2.35. The molecule has 9 heteroatoms. The Labute approximate surface area is 114 Å². The third-order valence-corrected chi connectivity index (χ3v) is 2.81. The molecule has 0 saturated carbocycles. The Bertz CT molecular complexity index is 359. The van der Waals surface area contributed by atoms with Gasteiger partial charge in [-0.05, 0) is 14.1 Å². The van der Waals surface area contributed by atoms with Crippen LogP contribution in [0.2, 0.25) is 0 Å². The number of carbonyl (C=O) groups is 1. The van der Waals surface area contributed by atoms with Crippen LogP contribution < -0.4 is 0 Å². The van der Waals surface area contributed by atoms with E-state index in [2.05, 4.69) is 4.18 Å². The first-order valence-corrected chi connectivity index (χ1v) is 7.19. The monoisotopic (exact) mass is 298 g/mol. The average molecular weight is 298 g/mol. The number of likely N-dealkylation sites (N-methyl/N-ethyl adjacent to an activating group) is 2. The molecule has 114 valence electrons. The molecule has 0 radical (unpaired) electrons. The highest BCUT2D eigenvalue weighted by Gasteiger charge is 2.06. The van der Waals surface area contributed by atoms with Crippen molar-refractivity contribution >= 4 is 16.4 Å². The van der Waals surface area contributed by atoms with Crippen LogP contribution in [0.5, 0.6) is 0 Å². The smallest absolute Gasteiger partial charge is 0.397 e. The molecule has 0 saturated heterocycles. The molecule has 19 heavy (non-hydrogen) atoms. The first-order valence-electron chi connectivity index (χ1n) is 5.83. The molecule has 1 N–H and O–H groups in total. The average Bonchev–Trinajstić information content (AvgIpc) is 2.24. The van der Waals surface area contributed by atoms with Gasteiger partial charge < -0.3 is 14.5 Å². The Morgan fingerprint density at radius 3 is 1.95 bits per heavy atom. The van der Waals surface area contributed by atoms with Crippen molar-refractivity contribution in [1.82, 2.24) is 9.80 Å². The molecule has 0 aliphatic heterocycles. The zero-order valence-electron chi connectivity index (χ0n) is 11.5. The van der Waals surface area contributed by atoms with Gasteiger partial charge in [-0.1, -0.05) is 0 Å². The lowest BCUT2D eigenvalue weighted by Crippen LogP contribution is -2.34. The van der Waals surface area contributed by atoms with Gasteiger partial charge in [-0.3, -0.25) is 9.35 Å². The summed E-state index contributed by atoms with van der Waals surface area (Å²) in [6, 6.07) is 0. The summed E-state index contributed by atoms with van der Waals surface area (Å²) in [5.41, 5.74) is 0. The predicted octanol–water partition coefficient (Wildman–Crippen LogP) is -0.767. The van der Waals surface area contributed by atoms with Gasteiger partial charge in [0, 0.05) is 33.1 Å². The van der Waals surface area contributed by atoms with Crippen LogP contribution in [-0.2, 0) is 24.1 Å². The second-order valence-electron chi connectivity index (χ2n) is 4.20. The summed E-state index contributed by atoms with van der Waals surface area (Å²) in [6.07, 6.45) is 0. The Morgan fingerprint density at radius 2 is 1.53 bits per heavy atom. The number of esters is 1. The van der Waals surface area contributed by atoms with Gasteiger partial charge in [0.05, 0.1) is 6.61 Å². The second kappa shape index (κ2) is 9.21.